The van der Waals surface area contributed by atoms with Crippen LogP contribution < -0.4 is 5.32 Å². The van der Waals surface area contributed by atoms with Crippen LogP contribution in [0.25, 0.3) is 0 Å². The highest BCUT2D eigenvalue weighted by atomic mass is 16.4. The highest BCUT2D eigenvalue weighted by Crippen LogP contribution is 2.15. The molecule has 2 N–H and O–H groups in total. The summed E-state index contributed by atoms with van der Waals surface area (Å²) in [6.07, 6.45) is 15.1. The summed E-state index contributed by atoms with van der Waals surface area (Å²) in [6.45, 7) is 12.5. The van der Waals surface area contributed by atoms with Crippen molar-refractivity contribution < 1.29 is 19.5 Å². The Balaban J connectivity index is 0.000000559. The Bertz CT molecular complexity index is 574. The Hall–Kier alpha value is -1.89. The molecule has 1 saturated carbocycles. The van der Waals surface area contributed by atoms with Crippen LogP contribution in [0.4, 0.5) is 0 Å². The number of nitrogens with one attached hydrogen (secondary N) is 1. The molecular weight excluding hydrogens is 418 g/mol. The number of aliphatic carboxylic acids is 1. The van der Waals surface area contributed by atoms with Crippen molar-refractivity contribution in [3.8, 4) is 0 Å². The van der Waals surface area contributed by atoms with E-state index in [-0.39, 0.29) is 30.0 Å². The number of nitrogens with zero attached hydrogens (tertiary/aromatic N) is 2. The molecule has 0 spiro atoms. The van der Waals surface area contributed by atoms with Gasteiger partial charge in [-0.3, -0.25) is 9.59 Å². The molecule has 2 fully saturated rings. The first-order valence-electron chi connectivity index (χ1n) is 12.7. The Labute approximate surface area is 202 Å². The molecule has 1 saturated heterocycles. The van der Waals surface area contributed by atoms with E-state index in [1.165, 1.54) is 82.7 Å². The van der Waals surface area contributed by atoms with Crippen LogP contribution in [0.15, 0.2) is 11.6 Å². The molecule has 0 aromatic carbocycles. The number of carboxylic acid groups (broad SMARTS) is 1. The smallest absolute Gasteiger partial charge is 0.331 e. The maximum absolute atomic E-state index is 11.7. The molecule has 192 valence electrons. The summed E-state index contributed by atoms with van der Waals surface area (Å²) >= 11 is 0. The number of hydrogen-bond donors (Lipinski definition) is 2. The molecule has 0 radical (unpaired) electrons. The van der Waals surface area contributed by atoms with E-state index in [0.29, 0.717) is 6.41 Å². The van der Waals surface area contributed by atoms with Gasteiger partial charge in [0.1, 0.15) is 0 Å². The van der Waals surface area contributed by atoms with Crippen LogP contribution in [0.2, 0.25) is 0 Å². The average molecular weight is 468 g/mol. The number of carboxylic acids is 1. The number of amides is 2. The summed E-state index contributed by atoms with van der Waals surface area (Å²) in [4.78, 5) is 36.7. The van der Waals surface area contributed by atoms with Crippen molar-refractivity contribution >= 4 is 18.3 Å². The number of piperidine rings is 1. The number of rotatable bonds is 9. The molecule has 1 aliphatic carbocycles. The van der Waals surface area contributed by atoms with Crippen molar-refractivity contribution in [1.29, 1.82) is 0 Å². The highest BCUT2D eigenvalue weighted by molar-refractivity contribution is 5.86. The van der Waals surface area contributed by atoms with E-state index in [0.717, 1.165) is 6.04 Å². The van der Waals surface area contributed by atoms with Gasteiger partial charge in [-0.15, -0.1) is 0 Å². The largest absolute Gasteiger partial charge is 0.478 e. The normalized spacial score (nSPS) is 18.2. The molecule has 1 aliphatic heterocycles. The third-order valence-corrected chi connectivity index (χ3v) is 6.47. The SMILES string of the molecule is C/C(=C\[C@H](C(C)C)N(C)C(=O)CNC=O)C(=O)O.C1CCCC1.CCC(C)N1CCCCC1. The standard InChI is InChI=1S/C12H20N2O4.C9H19N.C5H10/c1-8(2)10(5-9(3)12(17)18)14(4)11(16)6-13-7-15;1-3-9(2)10-7-5-4-6-8-10;1-2-4-5-3-1/h5,7-8,10H,6H2,1-4H3,(H,13,15)(H,17,18);9H,3-8H2,1-2H3;1-5H2/b9-5+;;/t10-;;/m1../s1. The van der Waals surface area contributed by atoms with Crippen molar-refractivity contribution in [2.45, 2.75) is 104 Å². The lowest BCUT2D eigenvalue weighted by Gasteiger charge is -2.31. The second kappa shape index (κ2) is 18.5. The molecule has 7 nitrogen and oxygen atoms in total. The quantitative estimate of drug-likeness (QED) is 0.386. The first-order valence-corrected chi connectivity index (χ1v) is 12.7. The molecule has 1 unspecified atom stereocenters. The Morgan fingerprint density at radius 2 is 1.48 bits per heavy atom. The summed E-state index contributed by atoms with van der Waals surface area (Å²) in [5.41, 5.74) is 0.191. The molecule has 0 bridgehead atoms. The van der Waals surface area contributed by atoms with Crippen molar-refractivity contribution in [3.05, 3.63) is 11.6 Å². The molecule has 0 aromatic rings. The van der Waals surface area contributed by atoms with Crippen molar-refractivity contribution in [2.24, 2.45) is 5.92 Å². The van der Waals surface area contributed by atoms with Crippen LogP contribution in [0.5, 0.6) is 0 Å². The van der Waals surface area contributed by atoms with Gasteiger partial charge in [-0.1, -0.05) is 65.4 Å². The molecule has 7 heteroatoms. The summed E-state index contributed by atoms with van der Waals surface area (Å²) in [6, 6.07) is 0.502. The zero-order valence-electron chi connectivity index (χ0n) is 21.9. The van der Waals surface area contributed by atoms with E-state index in [4.69, 9.17) is 5.11 Å². The average Bonchev–Trinajstić information content (AvgIpc) is 3.40. The molecule has 33 heavy (non-hydrogen) atoms. The van der Waals surface area contributed by atoms with Gasteiger partial charge >= 0.3 is 5.97 Å². The van der Waals surface area contributed by atoms with Crippen LogP contribution in [0.3, 0.4) is 0 Å². The summed E-state index contributed by atoms with van der Waals surface area (Å²) < 4.78 is 0. The number of carbonyl (C=O) groups excluding carboxylic acids is 2. The number of likely N-dealkylation sites (tertiary alicyclic amines) is 1. The molecule has 1 heterocycles. The third kappa shape index (κ3) is 14.1. The predicted octanol–water partition coefficient (Wildman–Crippen LogP) is 4.47. The molecule has 2 rings (SSSR count). The molecule has 2 aliphatic rings. The summed E-state index contributed by atoms with van der Waals surface area (Å²) in [5.74, 6) is -1.20. The number of hydrogen-bond acceptors (Lipinski definition) is 4. The van der Waals surface area contributed by atoms with E-state index in [1.807, 2.05) is 13.8 Å². The predicted molar refractivity (Wildman–Crippen MR) is 135 cm³/mol. The fourth-order valence-corrected chi connectivity index (χ4v) is 4.00. The van der Waals surface area contributed by atoms with Crippen LogP contribution in [-0.2, 0) is 14.4 Å². The highest BCUT2D eigenvalue weighted by Gasteiger charge is 2.21. The van der Waals surface area contributed by atoms with Crippen molar-refractivity contribution in [1.82, 2.24) is 15.1 Å². The van der Waals surface area contributed by atoms with Crippen LogP contribution in [0, 0.1) is 5.92 Å². The second-order valence-corrected chi connectivity index (χ2v) is 9.51. The lowest BCUT2D eigenvalue weighted by atomic mass is 10.00. The lowest BCUT2D eigenvalue weighted by molar-refractivity contribution is -0.133. The number of carbonyl (C=O) groups is 3. The van der Waals surface area contributed by atoms with Crippen LogP contribution in [0.1, 0.15) is 92.4 Å². The zero-order chi connectivity index (χ0) is 25.2. The van der Waals surface area contributed by atoms with E-state index in [9.17, 15) is 14.4 Å². The Morgan fingerprint density at radius 1 is 1.00 bits per heavy atom. The van der Waals surface area contributed by atoms with Crippen LogP contribution >= 0.6 is 0 Å². The van der Waals surface area contributed by atoms with Gasteiger partial charge in [0.05, 0.1) is 12.6 Å². The summed E-state index contributed by atoms with van der Waals surface area (Å²) in [5, 5.41) is 11.1. The van der Waals surface area contributed by atoms with E-state index in [2.05, 4.69) is 24.1 Å². The van der Waals surface area contributed by atoms with E-state index >= 15 is 0 Å². The molecule has 0 aromatic heterocycles. The molecular formula is C26H49N3O4. The maximum Gasteiger partial charge on any atom is 0.331 e. The van der Waals surface area contributed by atoms with Gasteiger partial charge in [-0.05, 0) is 52.1 Å². The Morgan fingerprint density at radius 3 is 1.88 bits per heavy atom. The minimum Gasteiger partial charge on any atom is -0.478 e. The maximum atomic E-state index is 11.7. The number of likely N-dealkylation sites (N-methyl/N-ethyl adjacent to an activating group) is 1. The second-order valence-electron chi connectivity index (χ2n) is 9.51. The van der Waals surface area contributed by atoms with Crippen LogP contribution in [-0.4, -0.2) is 72.0 Å². The van der Waals surface area contributed by atoms with Gasteiger partial charge in [0, 0.05) is 18.7 Å². The summed E-state index contributed by atoms with van der Waals surface area (Å²) in [7, 11) is 1.59. The zero-order valence-corrected chi connectivity index (χ0v) is 21.9. The molecule has 2 atom stereocenters. The monoisotopic (exact) mass is 467 g/mol. The van der Waals surface area contributed by atoms with Gasteiger partial charge in [0.15, 0.2) is 0 Å². The topological polar surface area (TPSA) is 90.0 Å². The van der Waals surface area contributed by atoms with Crippen molar-refractivity contribution in [3.63, 3.8) is 0 Å². The lowest BCUT2D eigenvalue weighted by Crippen LogP contribution is -2.43. The third-order valence-electron chi connectivity index (χ3n) is 6.47. The van der Waals surface area contributed by atoms with Gasteiger partial charge in [0.25, 0.3) is 0 Å². The molecule has 2 amide bonds. The van der Waals surface area contributed by atoms with Gasteiger partial charge in [-0.25, -0.2) is 4.79 Å². The van der Waals surface area contributed by atoms with Crippen molar-refractivity contribution in [2.75, 3.05) is 26.7 Å². The first kappa shape index (κ1) is 31.1. The van der Waals surface area contributed by atoms with E-state index < -0.39 is 5.97 Å². The van der Waals surface area contributed by atoms with E-state index in [1.54, 1.807) is 13.1 Å². The minimum atomic E-state index is -1.01. The van der Waals surface area contributed by atoms with Gasteiger partial charge < -0.3 is 20.2 Å². The Kier molecular flexibility index (Phi) is 17.5. The fraction of sp³-hybridized carbons (Fsp3) is 0.808. The van der Waals surface area contributed by atoms with Gasteiger partial charge in [-0.2, -0.15) is 0 Å². The van der Waals surface area contributed by atoms with Gasteiger partial charge in [0.2, 0.25) is 12.3 Å². The fourth-order valence-electron chi connectivity index (χ4n) is 4.00. The first-order chi connectivity index (χ1) is 15.6. The minimum absolute atomic E-state index is 0.0736.